The molecular weight excluding hydrogens is 190 g/mol. The highest BCUT2D eigenvalue weighted by molar-refractivity contribution is 5.76. The van der Waals surface area contributed by atoms with Gasteiger partial charge in [-0.15, -0.1) is 0 Å². The molecule has 0 bridgehead atoms. The van der Waals surface area contributed by atoms with Crippen LogP contribution >= 0.6 is 0 Å². The van der Waals surface area contributed by atoms with Crippen LogP contribution in [0.3, 0.4) is 0 Å². The molecule has 0 unspecified atom stereocenters. The third-order valence-corrected chi connectivity index (χ3v) is 1.51. The molecule has 0 spiro atoms. The maximum atomic E-state index is 12.9. The summed E-state index contributed by atoms with van der Waals surface area (Å²) < 4.78 is 25.9. The van der Waals surface area contributed by atoms with E-state index in [0.717, 1.165) is 12.1 Å². The molecule has 1 rings (SSSR count). The number of hydrogen-bond donors (Lipinski definition) is 1. The molecule has 0 saturated carbocycles. The molecule has 0 aliphatic carbocycles. The summed E-state index contributed by atoms with van der Waals surface area (Å²) in [5, 5.41) is 8.35. The Labute approximate surface area is 79.2 Å². The number of aliphatic hydroxyl groups excluding tert-OH is 1. The van der Waals surface area contributed by atoms with E-state index in [-0.39, 0.29) is 11.8 Å². The lowest BCUT2D eigenvalue weighted by atomic mass is 10.1. The zero-order chi connectivity index (χ0) is 10.6. The first kappa shape index (κ1) is 10.4. The van der Waals surface area contributed by atoms with Crippen molar-refractivity contribution in [3.05, 3.63) is 34.9 Å². The van der Waals surface area contributed by atoms with Crippen molar-refractivity contribution < 1.29 is 18.7 Å². The van der Waals surface area contributed by atoms with E-state index >= 15 is 0 Å². The highest BCUT2D eigenvalue weighted by Gasteiger charge is 2.08. The van der Waals surface area contributed by atoms with E-state index in [1.807, 2.05) is 0 Å². The Balaban J connectivity index is 3.20. The van der Waals surface area contributed by atoms with Crippen LogP contribution in [0.25, 0.3) is 0 Å². The molecule has 1 aromatic rings. The molecule has 0 aromatic heterocycles. The first-order chi connectivity index (χ1) is 6.69. The second-order valence-corrected chi connectivity index (χ2v) is 2.43. The predicted molar refractivity (Wildman–Crippen MR) is 45.7 cm³/mol. The van der Waals surface area contributed by atoms with Crippen molar-refractivity contribution in [2.45, 2.75) is 0 Å². The fourth-order valence-electron chi connectivity index (χ4n) is 0.911. The van der Waals surface area contributed by atoms with Crippen LogP contribution in [0.2, 0.25) is 0 Å². The molecule has 0 atom stereocenters. The lowest BCUT2D eigenvalue weighted by Gasteiger charge is -1.97. The van der Waals surface area contributed by atoms with Gasteiger partial charge in [-0.2, -0.15) is 0 Å². The van der Waals surface area contributed by atoms with Gasteiger partial charge < -0.3 is 5.11 Å². The summed E-state index contributed by atoms with van der Waals surface area (Å²) in [6.07, 6.45) is 0.105. The second-order valence-electron chi connectivity index (χ2n) is 2.43. The average molecular weight is 196 g/mol. The first-order valence-corrected chi connectivity index (χ1v) is 3.73. The molecule has 0 heterocycles. The number of benzene rings is 1. The van der Waals surface area contributed by atoms with Gasteiger partial charge in [0, 0.05) is 5.56 Å². The van der Waals surface area contributed by atoms with Crippen molar-refractivity contribution in [2.75, 3.05) is 6.61 Å². The molecular formula is C10H6F2O2. The molecule has 72 valence electrons. The van der Waals surface area contributed by atoms with Crippen LogP contribution in [0.1, 0.15) is 15.9 Å². The Morgan fingerprint density at radius 1 is 1.36 bits per heavy atom. The van der Waals surface area contributed by atoms with Crippen molar-refractivity contribution in [1.29, 1.82) is 0 Å². The maximum absolute atomic E-state index is 12.9. The lowest BCUT2D eigenvalue weighted by molar-refractivity contribution is 0.111. The summed E-state index contributed by atoms with van der Waals surface area (Å²) >= 11 is 0. The summed E-state index contributed by atoms with van der Waals surface area (Å²) in [7, 11) is 0. The molecule has 4 heteroatoms. The lowest BCUT2D eigenvalue weighted by Crippen LogP contribution is -1.94. The maximum Gasteiger partial charge on any atom is 0.155 e. The third kappa shape index (κ3) is 2.15. The molecule has 0 saturated heterocycles. The Morgan fingerprint density at radius 3 is 2.36 bits per heavy atom. The van der Waals surface area contributed by atoms with Gasteiger partial charge >= 0.3 is 0 Å². The highest BCUT2D eigenvalue weighted by atomic mass is 19.1. The van der Waals surface area contributed by atoms with E-state index in [1.54, 1.807) is 0 Å². The number of rotatable bonds is 1. The minimum Gasteiger partial charge on any atom is -0.384 e. The number of carbonyl (C=O) groups is 1. The molecule has 1 aromatic carbocycles. The normalized spacial score (nSPS) is 9.07. The Morgan fingerprint density at radius 2 is 1.93 bits per heavy atom. The molecule has 2 nitrogen and oxygen atoms in total. The summed E-state index contributed by atoms with van der Waals surface area (Å²) in [6.45, 7) is -0.390. The molecule has 14 heavy (non-hydrogen) atoms. The number of hydrogen-bond acceptors (Lipinski definition) is 2. The average Bonchev–Trinajstić information content (AvgIpc) is 2.14. The van der Waals surface area contributed by atoms with Gasteiger partial charge in [0.25, 0.3) is 0 Å². The van der Waals surface area contributed by atoms with Crippen LogP contribution in [0.15, 0.2) is 12.1 Å². The van der Waals surface area contributed by atoms with E-state index in [2.05, 4.69) is 11.8 Å². The van der Waals surface area contributed by atoms with Crippen LogP contribution in [0, 0.1) is 23.5 Å². The van der Waals surface area contributed by atoms with Gasteiger partial charge in [0.15, 0.2) is 6.29 Å². The largest absolute Gasteiger partial charge is 0.384 e. The van der Waals surface area contributed by atoms with Crippen molar-refractivity contribution in [3.63, 3.8) is 0 Å². The minimum absolute atomic E-state index is 0.0830. The Hall–Kier alpha value is -1.73. The molecule has 0 radical (unpaired) electrons. The Bertz CT molecular complexity index is 393. The fraction of sp³-hybridized carbons (Fsp3) is 0.100. The second kappa shape index (κ2) is 4.49. The summed E-state index contributed by atoms with van der Waals surface area (Å²) in [5.41, 5.74) is -0.529. The zero-order valence-electron chi connectivity index (χ0n) is 7.05. The van der Waals surface area contributed by atoms with E-state index in [4.69, 9.17) is 5.11 Å². The van der Waals surface area contributed by atoms with Crippen LogP contribution in [-0.4, -0.2) is 18.0 Å². The van der Waals surface area contributed by atoms with Gasteiger partial charge in [0.1, 0.15) is 18.2 Å². The van der Waals surface area contributed by atoms with Crippen molar-refractivity contribution in [2.24, 2.45) is 0 Å². The quantitative estimate of drug-likeness (QED) is 0.539. The standard InChI is InChI=1S/C10H6F2O2/c11-9-4-7(2-1-3-13)5-10(12)8(9)6-14/h4-6,13H,3H2. The predicted octanol–water partition coefficient (Wildman–Crippen LogP) is 1.12. The number of halogens is 2. The third-order valence-electron chi connectivity index (χ3n) is 1.51. The Kier molecular flexibility index (Phi) is 3.32. The summed E-state index contributed by atoms with van der Waals surface area (Å²) in [4.78, 5) is 10.2. The van der Waals surface area contributed by atoms with Crippen LogP contribution < -0.4 is 0 Å². The van der Waals surface area contributed by atoms with Gasteiger partial charge in [0.2, 0.25) is 0 Å². The van der Waals surface area contributed by atoms with Gasteiger partial charge in [0.05, 0.1) is 5.56 Å². The molecule has 0 amide bonds. The summed E-state index contributed by atoms with van der Waals surface area (Å²) in [6, 6.07) is 1.88. The first-order valence-electron chi connectivity index (χ1n) is 3.73. The van der Waals surface area contributed by atoms with Crippen molar-refractivity contribution in [3.8, 4) is 11.8 Å². The van der Waals surface area contributed by atoms with Gasteiger partial charge in [-0.1, -0.05) is 11.8 Å². The van der Waals surface area contributed by atoms with E-state index in [0.29, 0.717) is 0 Å². The van der Waals surface area contributed by atoms with Crippen molar-refractivity contribution >= 4 is 6.29 Å². The SMILES string of the molecule is O=Cc1c(F)cc(C#CCO)cc1F. The topological polar surface area (TPSA) is 37.3 Å². The van der Waals surface area contributed by atoms with E-state index in [1.165, 1.54) is 0 Å². The smallest absolute Gasteiger partial charge is 0.155 e. The van der Waals surface area contributed by atoms with Gasteiger partial charge in [-0.05, 0) is 12.1 Å². The summed E-state index contributed by atoms with van der Waals surface area (Å²) in [5.74, 6) is 2.66. The van der Waals surface area contributed by atoms with Gasteiger partial charge in [-0.3, -0.25) is 4.79 Å². The molecule has 0 fully saturated rings. The molecule has 0 aliphatic heterocycles. The molecule has 1 N–H and O–H groups in total. The van der Waals surface area contributed by atoms with Crippen molar-refractivity contribution in [1.82, 2.24) is 0 Å². The number of carbonyl (C=O) groups excluding carboxylic acids is 1. The fourth-order valence-corrected chi connectivity index (χ4v) is 0.911. The van der Waals surface area contributed by atoms with E-state index in [9.17, 15) is 13.6 Å². The molecule has 0 aliphatic rings. The zero-order valence-corrected chi connectivity index (χ0v) is 7.05. The van der Waals surface area contributed by atoms with Crippen LogP contribution in [0.4, 0.5) is 8.78 Å². The van der Waals surface area contributed by atoms with Crippen LogP contribution in [-0.2, 0) is 0 Å². The number of aliphatic hydroxyl groups is 1. The van der Waals surface area contributed by atoms with Crippen LogP contribution in [0.5, 0.6) is 0 Å². The number of aldehydes is 1. The van der Waals surface area contributed by atoms with E-state index < -0.39 is 23.8 Å². The monoisotopic (exact) mass is 196 g/mol. The highest BCUT2D eigenvalue weighted by Crippen LogP contribution is 2.12. The van der Waals surface area contributed by atoms with Gasteiger partial charge in [-0.25, -0.2) is 8.78 Å². The minimum atomic E-state index is -0.956.